The van der Waals surface area contributed by atoms with Gasteiger partial charge in [0.15, 0.2) is 0 Å². The molecular weight excluding hydrogens is 342 g/mol. The van der Waals surface area contributed by atoms with Gasteiger partial charge in [-0.3, -0.25) is 0 Å². The Balaban J connectivity index is 0.00000151. The molecule has 0 heterocycles. The summed E-state index contributed by atoms with van der Waals surface area (Å²) in [5, 5.41) is 0. The molecule has 136 valence electrons. The van der Waals surface area contributed by atoms with Crippen LogP contribution in [0.3, 0.4) is 0 Å². The fraction of sp³-hybridized carbons (Fsp3) is 0.263. The molecule has 0 aliphatic rings. The van der Waals surface area contributed by atoms with E-state index in [9.17, 15) is 26.3 Å². The Morgan fingerprint density at radius 1 is 0.640 bits per heavy atom. The third kappa shape index (κ3) is 6.29. The highest BCUT2D eigenvalue weighted by molar-refractivity contribution is 5.70. The van der Waals surface area contributed by atoms with Gasteiger partial charge in [0.05, 0.1) is 11.1 Å². The summed E-state index contributed by atoms with van der Waals surface area (Å²) < 4.78 is 76.5. The molecule has 0 fully saturated rings. The zero-order valence-electron chi connectivity index (χ0n) is 14.0. The Labute approximate surface area is 142 Å². The summed E-state index contributed by atoms with van der Waals surface area (Å²) >= 11 is 0. The fourth-order valence-corrected chi connectivity index (χ4v) is 1.95. The van der Waals surface area contributed by atoms with Gasteiger partial charge in [-0.05, 0) is 36.2 Å². The molecule has 0 aromatic heterocycles. The lowest BCUT2D eigenvalue weighted by Gasteiger charge is -2.12. The number of benzene rings is 2. The number of hydrogen-bond acceptors (Lipinski definition) is 0. The van der Waals surface area contributed by atoms with Gasteiger partial charge in [-0.15, -0.1) is 0 Å². The van der Waals surface area contributed by atoms with Crippen LogP contribution in [-0.4, -0.2) is 0 Å². The van der Waals surface area contributed by atoms with Crippen molar-refractivity contribution >= 4 is 12.2 Å². The van der Waals surface area contributed by atoms with Crippen molar-refractivity contribution in [3.8, 4) is 0 Å². The van der Waals surface area contributed by atoms with Crippen LogP contribution in [0.2, 0.25) is 0 Å². The molecule has 0 atom stereocenters. The Bertz CT molecular complexity index is 674. The fourth-order valence-electron chi connectivity index (χ4n) is 1.95. The molecule has 0 saturated carbocycles. The maximum absolute atomic E-state index is 12.8. The molecule has 25 heavy (non-hydrogen) atoms. The van der Waals surface area contributed by atoms with Crippen LogP contribution in [0.1, 0.15) is 41.7 Å². The molecule has 6 heteroatoms. The van der Waals surface area contributed by atoms with Gasteiger partial charge in [0, 0.05) is 0 Å². The van der Waals surface area contributed by atoms with Crippen LogP contribution in [0.15, 0.2) is 42.5 Å². The highest BCUT2D eigenvalue weighted by Crippen LogP contribution is 2.36. The summed E-state index contributed by atoms with van der Waals surface area (Å²) in [7, 11) is 0. The van der Waals surface area contributed by atoms with E-state index in [1.54, 1.807) is 24.3 Å². The summed E-state index contributed by atoms with van der Waals surface area (Å²) in [6.07, 6.45) is -6.98. The van der Waals surface area contributed by atoms with Crippen molar-refractivity contribution in [3.05, 3.63) is 70.3 Å². The van der Waals surface area contributed by atoms with E-state index in [1.165, 1.54) is 12.2 Å². The smallest absolute Gasteiger partial charge is 0.166 e. The minimum Gasteiger partial charge on any atom is -0.166 e. The highest BCUT2D eigenvalue weighted by Gasteiger charge is 2.36. The molecule has 0 amide bonds. The summed E-state index contributed by atoms with van der Waals surface area (Å²) in [4.78, 5) is 0. The normalized spacial score (nSPS) is 12.0. The monoisotopic (exact) mass is 360 g/mol. The van der Waals surface area contributed by atoms with Crippen molar-refractivity contribution in [2.45, 2.75) is 33.1 Å². The number of halogens is 6. The molecule has 0 aliphatic heterocycles. The first kappa shape index (κ1) is 20.8. The summed E-state index contributed by atoms with van der Waals surface area (Å²) in [5.41, 5.74) is -1.12. The largest absolute Gasteiger partial charge is 0.416 e. The van der Waals surface area contributed by atoms with E-state index in [-0.39, 0.29) is 11.6 Å². The minimum atomic E-state index is -4.84. The second kappa shape index (κ2) is 8.23. The Morgan fingerprint density at radius 2 is 1.04 bits per heavy atom. The van der Waals surface area contributed by atoms with Crippen LogP contribution in [0, 0.1) is 6.92 Å². The summed E-state index contributed by atoms with van der Waals surface area (Å²) in [5.74, 6) is 0. The lowest BCUT2D eigenvalue weighted by Crippen LogP contribution is -2.11. The predicted octanol–water partition coefficient (Wildman–Crippen LogP) is 7.23. The van der Waals surface area contributed by atoms with Crippen LogP contribution in [0.4, 0.5) is 26.3 Å². The van der Waals surface area contributed by atoms with Crippen LogP contribution in [0.25, 0.3) is 12.2 Å². The predicted molar refractivity (Wildman–Crippen MR) is 87.9 cm³/mol. The van der Waals surface area contributed by atoms with Gasteiger partial charge < -0.3 is 0 Å². The van der Waals surface area contributed by atoms with Gasteiger partial charge in [0.1, 0.15) is 0 Å². The molecular formula is C19H18F6. The molecule has 0 radical (unpaired) electrons. The third-order valence-electron chi connectivity index (χ3n) is 3.16. The van der Waals surface area contributed by atoms with Crippen LogP contribution in [0.5, 0.6) is 0 Å². The molecule has 0 unspecified atom stereocenters. The van der Waals surface area contributed by atoms with Gasteiger partial charge >= 0.3 is 12.4 Å². The third-order valence-corrected chi connectivity index (χ3v) is 3.16. The van der Waals surface area contributed by atoms with Crippen LogP contribution < -0.4 is 0 Å². The second-order valence-corrected chi connectivity index (χ2v) is 5.08. The van der Waals surface area contributed by atoms with Crippen molar-refractivity contribution in [3.63, 3.8) is 0 Å². The van der Waals surface area contributed by atoms with Crippen molar-refractivity contribution in [2.24, 2.45) is 0 Å². The zero-order chi connectivity index (χ0) is 19.3. The van der Waals surface area contributed by atoms with E-state index in [1.807, 2.05) is 20.8 Å². The SMILES string of the molecule is CC.Cc1ccc(/C=C/c2cc(C(F)(F)F)cc(C(F)(F)F)c2)cc1. The molecule has 0 saturated heterocycles. The quantitative estimate of drug-likeness (QED) is 0.391. The van der Waals surface area contributed by atoms with E-state index >= 15 is 0 Å². The average molecular weight is 360 g/mol. The number of hydrogen-bond donors (Lipinski definition) is 0. The molecule has 0 N–H and O–H groups in total. The van der Waals surface area contributed by atoms with Gasteiger partial charge in [0.25, 0.3) is 0 Å². The minimum absolute atomic E-state index is 0.114. The first-order chi connectivity index (χ1) is 11.6. The lowest BCUT2D eigenvalue weighted by molar-refractivity contribution is -0.143. The van der Waals surface area contributed by atoms with Crippen LogP contribution >= 0.6 is 0 Å². The molecule has 0 bridgehead atoms. The van der Waals surface area contributed by atoms with Crippen molar-refractivity contribution in [1.29, 1.82) is 0 Å². The Hall–Kier alpha value is -2.24. The van der Waals surface area contributed by atoms with E-state index in [0.717, 1.165) is 5.56 Å². The highest BCUT2D eigenvalue weighted by atomic mass is 19.4. The van der Waals surface area contributed by atoms with E-state index in [0.29, 0.717) is 17.7 Å². The van der Waals surface area contributed by atoms with E-state index < -0.39 is 23.5 Å². The maximum Gasteiger partial charge on any atom is 0.416 e. The number of rotatable bonds is 2. The Morgan fingerprint density at radius 3 is 1.44 bits per heavy atom. The van der Waals surface area contributed by atoms with Crippen molar-refractivity contribution < 1.29 is 26.3 Å². The van der Waals surface area contributed by atoms with Crippen molar-refractivity contribution in [2.75, 3.05) is 0 Å². The standard InChI is InChI=1S/C17H12F6.C2H6/c1-11-2-4-12(5-3-11)6-7-13-8-14(16(18,19)20)10-15(9-13)17(21,22)23;1-2/h2-10H,1H3;1-2H3/b7-6+;. The average Bonchev–Trinajstić information content (AvgIpc) is 2.54. The molecule has 2 aromatic carbocycles. The van der Waals surface area contributed by atoms with Gasteiger partial charge in [-0.25, -0.2) is 0 Å². The van der Waals surface area contributed by atoms with Crippen molar-refractivity contribution in [1.82, 2.24) is 0 Å². The molecule has 0 aliphatic carbocycles. The van der Waals surface area contributed by atoms with Gasteiger partial charge in [0.2, 0.25) is 0 Å². The summed E-state index contributed by atoms with van der Waals surface area (Å²) in [6, 6.07) is 8.55. The van der Waals surface area contributed by atoms with Gasteiger partial charge in [-0.2, -0.15) is 26.3 Å². The first-order valence-electron chi connectivity index (χ1n) is 7.60. The van der Waals surface area contributed by atoms with Crippen LogP contribution in [-0.2, 0) is 12.4 Å². The molecule has 2 rings (SSSR count). The Kier molecular flexibility index (Phi) is 6.85. The first-order valence-corrected chi connectivity index (χ1v) is 7.60. The molecule has 2 aromatic rings. The maximum atomic E-state index is 12.8. The molecule has 0 spiro atoms. The second-order valence-electron chi connectivity index (χ2n) is 5.08. The number of alkyl halides is 6. The molecule has 0 nitrogen and oxygen atoms in total. The number of aryl methyl sites for hydroxylation is 1. The summed E-state index contributed by atoms with van der Waals surface area (Å²) in [6.45, 7) is 5.87. The van der Waals surface area contributed by atoms with E-state index in [2.05, 4.69) is 0 Å². The zero-order valence-corrected chi connectivity index (χ0v) is 14.0. The topological polar surface area (TPSA) is 0 Å². The van der Waals surface area contributed by atoms with Gasteiger partial charge in [-0.1, -0.05) is 55.8 Å². The lowest BCUT2D eigenvalue weighted by atomic mass is 10.0. The van der Waals surface area contributed by atoms with E-state index in [4.69, 9.17) is 0 Å².